The number of nitrogens with two attached hydrogens (primary N) is 1. The predicted octanol–water partition coefficient (Wildman–Crippen LogP) is 0.393. The monoisotopic (exact) mass is 151 g/mol. The molecule has 0 aliphatic rings. The molecule has 0 aliphatic heterocycles. The van der Waals surface area contributed by atoms with Crippen LogP contribution in [0.3, 0.4) is 0 Å². The smallest absolute Gasteiger partial charge is 0.186 e. The fourth-order valence-electron chi connectivity index (χ4n) is 0.245. The second-order valence-corrected chi connectivity index (χ2v) is 2.86. The highest BCUT2D eigenvalue weighted by Gasteiger charge is 1.96. The summed E-state index contributed by atoms with van der Waals surface area (Å²) in [5.74, 6) is -0.0148. The average molecular weight is 151 g/mol. The van der Waals surface area contributed by atoms with Crippen LogP contribution in [0.25, 0.3) is 0 Å². The largest absolute Gasteiger partial charge is 0.370 e. The number of nitrogens with one attached hydrogen (secondary N) is 2. The van der Waals surface area contributed by atoms with Crippen molar-refractivity contribution in [3.05, 3.63) is 0 Å². The third kappa shape index (κ3) is 4.14. The van der Waals surface area contributed by atoms with Crippen LogP contribution < -0.4 is 11.1 Å². The fourth-order valence-corrected chi connectivity index (χ4v) is 0.583. The highest BCUT2D eigenvalue weighted by Crippen LogP contribution is 2.09. The van der Waals surface area contributed by atoms with Gasteiger partial charge in [-0.3, -0.25) is 5.41 Å². The Morgan fingerprint density at radius 3 is 2.62 bits per heavy atom. The lowest BCUT2D eigenvalue weighted by molar-refractivity contribution is 0.888. The summed E-state index contributed by atoms with van der Waals surface area (Å²) in [5, 5.41) is 9.49. The van der Waals surface area contributed by atoms with E-state index in [4.69, 9.17) is 11.1 Å². The van der Waals surface area contributed by atoms with Crippen molar-refractivity contribution < 1.29 is 0 Å². The average Bonchev–Trinajstić information content (AvgIpc) is 1.65. The van der Waals surface area contributed by atoms with Gasteiger partial charge in [-0.15, -0.1) is 11.7 Å². The first-order chi connectivity index (χ1) is 3.66. The molecule has 0 fully saturated rings. The molecule has 3 nitrogen and oxygen atoms in total. The molecule has 4 N–H and O–H groups in total. The van der Waals surface area contributed by atoms with Crippen LogP contribution in [-0.4, -0.2) is 11.3 Å². The van der Waals surface area contributed by atoms with Gasteiger partial charge in [-0.25, -0.2) is 0 Å². The van der Waals surface area contributed by atoms with Crippen LogP contribution in [0.4, 0.5) is 0 Å². The summed E-state index contributed by atoms with van der Waals surface area (Å²) in [4.78, 5) is 0. The van der Waals surface area contributed by atoms with Crippen LogP contribution >= 0.6 is 22.5 Å². The minimum Gasteiger partial charge on any atom is -0.370 e. The van der Waals surface area contributed by atoms with Crippen LogP contribution in [0.5, 0.6) is 0 Å². The van der Waals surface area contributed by atoms with E-state index in [0.717, 1.165) is 0 Å². The molecule has 48 valence electrons. The molecule has 0 aliphatic carbocycles. The summed E-state index contributed by atoms with van der Waals surface area (Å²) in [6.07, 6.45) is 0. The van der Waals surface area contributed by atoms with Gasteiger partial charge in [0.1, 0.15) is 0 Å². The van der Waals surface area contributed by atoms with Gasteiger partial charge >= 0.3 is 0 Å². The van der Waals surface area contributed by atoms with Gasteiger partial charge in [0.15, 0.2) is 5.96 Å². The number of hydrogen-bond donors (Lipinski definition) is 4. The van der Waals surface area contributed by atoms with E-state index in [1.165, 1.54) is 10.8 Å². The summed E-state index contributed by atoms with van der Waals surface area (Å²) in [7, 11) is 1.32. The first-order valence-corrected chi connectivity index (χ1v) is 4.00. The molecule has 8 heavy (non-hydrogen) atoms. The number of guanidine groups is 1. The van der Waals surface area contributed by atoms with Gasteiger partial charge in [0.05, 0.1) is 5.37 Å². The molecular formula is C3H9N3S2. The predicted molar refractivity (Wildman–Crippen MR) is 41.1 cm³/mol. The maximum absolute atomic E-state index is 6.75. The zero-order chi connectivity index (χ0) is 6.57. The summed E-state index contributed by atoms with van der Waals surface area (Å²) < 4.78 is 0. The lowest BCUT2D eigenvalue weighted by atomic mass is 10.7. The van der Waals surface area contributed by atoms with E-state index in [-0.39, 0.29) is 11.3 Å². The van der Waals surface area contributed by atoms with Crippen LogP contribution in [0, 0.1) is 5.41 Å². The maximum Gasteiger partial charge on any atom is 0.186 e. The SMILES string of the molecule is CC(NC(=N)N)SS. The molecule has 0 rings (SSSR count). The minimum atomic E-state index is -0.0148. The first-order valence-electron chi connectivity index (χ1n) is 2.07. The van der Waals surface area contributed by atoms with Crippen molar-refractivity contribution in [2.45, 2.75) is 12.3 Å². The molecule has 0 aromatic rings. The Bertz CT molecular complexity index is 84.6. The Kier molecular flexibility index (Phi) is 3.90. The summed E-state index contributed by atoms with van der Waals surface area (Å²) in [6.45, 7) is 1.87. The van der Waals surface area contributed by atoms with Crippen LogP contribution in [0.1, 0.15) is 6.92 Å². The molecule has 0 spiro atoms. The highest BCUT2D eigenvalue weighted by molar-refractivity contribution is 8.68. The Morgan fingerprint density at radius 2 is 2.50 bits per heavy atom. The standard InChI is InChI=1S/C3H9N3S2/c1-2(8-7)6-3(4)5/h2,7H,1H3,(H4,4,5,6). The Morgan fingerprint density at radius 1 is 2.00 bits per heavy atom. The zero-order valence-electron chi connectivity index (χ0n) is 4.51. The van der Waals surface area contributed by atoms with Crippen LogP contribution in [0.15, 0.2) is 0 Å². The quantitative estimate of drug-likeness (QED) is 0.152. The first kappa shape index (κ1) is 7.97. The van der Waals surface area contributed by atoms with Crippen molar-refractivity contribution in [1.82, 2.24) is 5.32 Å². The van der Waals surface area contributed by atoms with Gasteiger partial charge < -0.3 is 11.1 Å². The molecule has 5 heteroatoms. The van der Waals surface area contributed by atoms with E-state index in [2.05, 4.69) is 17.0 Å². The van der Waals surface area contributed by atoms with Gasteiger partial charge in [-0.05, 0) is 6.92 Å². The third-order valence-electron chi connectivity index (χ3n) is 0.517. The molecule has 0 aromatic heterocycles. The van der Waals surface area contributed by atoms with E-state index in [0.29, 0.717) is 0 Å². The van der Waals surface area contributed by atoms with Crippen molar-refractivity contribution in [1.29, 1.82) is 5.41 Å². The molecule has 0 saturated heterocycles. The zero-order valence-corrected chi connectivity index (χ0v) is 6.22. The van der Waals surface area contributed by atoms with Crippen molar-refractivity contribution in [2.75, 3.05) is 0 Å². The molecular weight excluding hydrogens is 142 g/mol. The van der Waals surface area contributed by atoms with E-state index >= 15 is 0 Å². The van der Waals surface area contributed by atoms with E-state index < -0.39 is 0 Å². The van der Waals surface area contributed by atoms with Crippen molar-refractivity contribution in [3.63, 3.8) is 0 Å². The molecule has 0 bridgehead atoms. The topological polar surface area (TPSA) is 61.9 Å². The fraction of sp³-hybridized carbons (Fsp3) is 0.667. The maximum atomic E-state index is 6.75. The highest BCUT2D eigenvalue weighted by atomic mass is 33.1. The van der Waals surface area contributed by atoms with E-state index in [1.807, 2.05) is 6.92 Å². The number of thiol groups is 1. The molecule has 0 radical (unpaired) electrons. The Labute approximate surface area is 57.7 Å². The van der Waals surface area contributed by atoms with Gasteiger partial charge in [-0.1, -0.05) is 10.8 Å². The van der Waals surface area contributed by atoms with Crippen molar-refractivity contribution >= 4 is 28.4 Å². The van der Waals surface area contributed by atoms with E-state index in [1.54, 1.807) is 0 Å². The van der Waals surface area contributed by atoms with Gasteiger partial charge in [0.25, 0.3) is 0 Å². The molecule has 0 saturated carbocycles. The Balaban J connectivity index is 3.24. The van der Waals surface area contributed by atoms with Crippen molar-refractivity contribution in [2.24, 2.45) is 5.73 Å². The molecule has 0 amide bonds. The normalized spacial score (nSPS) is 12.8. The molecule has 0 heterocycles. The van der Waals surface area contributed by atoms with E-state index in [9.17, 15) is 0 Å². The van der Waals surface area contributed by atoms with Gasteiger partial charge in [-0.2, -0.15) is 0 Å². The molecule has 1 atom stereocenters. The summed E-state index contributed by atoms with van der Waals surface area (Å²) in [6, 6.07) is 0. The second kappa shape index (κ2) is 3.91. The summed E-state index contributed by atoms with van der Waals surface area (Å²) in [5.41, 5.74) is 4.99. The number of rotatable bonds is 2. The Hall–Kier alpha value is -0.0300. The molecule has 0 aromatic carbocycles. The van der Waals surface area contributed by atoms with Gasteiger partial charge in [0.2, 0.25) is 0 Å². The number of hydrogen-bond acceptors (Lipinski definition) is 3. The minimum absolute atomic E-state index is 0.0148. The van der Waals surface area contributed by atoms with Crippen LogP contribution in [0.2, 0.25) is 0 Å². The lowest BCUT2D eigenvalue weighted by Crippen LogP contribution is -2.34. The van der Waals surface area contributed by atoms with Crippen LogP contribution in [-0.2, 0) is 0 Å². The van der Waals surface area contributed by atoms with Crippen molar-refractivity contribution in [3.8, 4) is 0 Å². The third-order valence-corrected chi connectivity index (χ3v) is 1.90. The van der Waals surface area contributed by atoms with Gasteiger partial charge in [0, 0.05) is 0 Å². The summed E-state index contributed by atoms with van der Waals surface area (Å²) >= 11 is 3.89. The second-order valence-electron chi connectivity index (χ2n) is 1.31. The lowest BCUT2D eigenvalue weighted by Gasteiger charge is -2.07. The molecule has 1 unspecified atom stereocenters.